The molecule has 0 aromatic heterocycles. The molecule has 4 heteroatoms. The standard InChI is InChI=1S/C11H11BrClNO/c1-7(13)11-6-10(14-15-11)8-3-2-4-9(12)5-8/h2-5,7,11H,6H2,1H3. The number of oxime groups is 1. The molecule has 1 aliphatic rings. The molecule has 2 unspecified atom stereocenters. The molecule has 0 saturated carbocycles. The SMILES string of the molecule is CC(Cl)C1CC(c2cccc(Br)c2)=NO1. The summed E-state index contributed by atoms with van der Waals surface area (Å²) in [5.74, 6) is 0. The quantitative estimate of drug-likeness (QED) is 0.762. The maximum absolute atomic E-state index is 5.96. The van der Waals surface area contributed by atoms with E-state index < -0.39 is 0 Å². The van der Waals surface area contributed by atoms with Gasteiger partial charge in [-0.25, -0.2) is 0 Å². The number of benzene rings is 1. The first-order chi connectivity index (χ1) is 7.16. The Hall–Kier alpha value is -0.540. The number of hydrogen-bond acceptors (Lipinski definition) is 2. The van der Waals surface area contributed by atoms with Gasteiger partial charge in [0.25, 0.3) is 0 Å². The van der Waals surface area contributed by atoms with Gasteiger partial charge in [0.1, 0.15) is 6.10 Å². The lowest BCUT2D eigenvalue weighted by atomic mass is 10.0. The Morgan fingerprint density at radius 3 is 3.00 bits per heavy atom. The van der Waals surface area contributed by atoms with Gasteiger partial charge in [-0.3, -0.25) is 0 Å². The summed E-state index contributed by atoms with van der Waals surface area (Å²) >= 11 is 9.39. The van der Waals surface area contributed by atoms with Crippen molar-refractivity contribution in [3.63, 3.8) is 0 Å². The molecule has 15 heavy (non-hydrogen) atoms. The van der Waals surface area contributed by atoms with Crippen LogP contribution in [0.2, 0.25) is 0 Å². The Balaban J connectivity index is 2.14. The summed E-state index contributed by atoms with van der Waals surface area (Å²) in [5.41, 5.74) is 2.05. The summed E-state index contributed by atoms with van der Waals surface area (Å²) < 4.78 is 1.05. The number of halogens is 2. The molecule has 0 fully saturated rings. The highest BCUT2D eigenvalue weighted by Crippen LogP contribution is 2.23. The minimum Gasteiger partial charge on any atom is -0.390 e. The van der Waals surface area contributed by atoms with Gasteiger partial charge in [0.15, 0.2) is 0 Å². The van der Waals surface area contributed by atoms with Gasteiger partial charge in [-0.15, -0.1) is 11.6 Å². The van der Waals surface area contributed by atoms with E-state index in [1.165, 1.54) is 0 Å². The predicted molar refractivity (Wildman–Crippen MR) is 65.5 cm³/mol. The fourth-order valence-corrected chi connectivity index (χ4v) is 2.02. The molecule has 0 aliphatic carbocycles. The van der Waals surface area contributed by atoms with Crippen LogP contribution >= 0.6 is 27.5 Å². The lowest BCUT2D eigenvalue weighted by Gasteiger charge is -2.08. The molecule has 1 aliphatic heterocycles. The highest BCUT2D eigenvalue weighted by Gasteiger charge is 2.26. The number of nitrogens with zero attached hydrogens (tertiary/aromatic N) is 1. The average molecular weight is 289 g/mol. The minimum atomic E-state index is -0.0154. The Labute approximate surface area is 102 Å². The Morgan fingerprint density at radius 1 is 1.60 bits per heavy atom. The first-order valence-corrected chi connectivity index (χ1v) is 6.02. The molecule has 1 aromatic rings. The maximum Gasteiger partial charge on any atom is 0.149 e. The largest absolute Gasteiger partial charge is 0.390 e. The molecule has 0 N–H and O–H groups in total. The van der Waals surface area contributed by atoms with Crippen LogP contribution in [0, 0.1) is 0 Å². The molecular formula is C11H11BrClNO. The van der Waals surface area contributed by atoms with Gasteiger partial charge in [0.05, 0.1) is 11.1 Å². The van der Waals surface area contributed by atoms with E-state index in [0.29, 0.717) is 0 Å². The highest BCUT2D eigenvalue weighted by atomic mass is 79.9. The monoisotopic (exact) mass is 287 g/mol. The van der Waals surface area contributed by atoms with Crippen molar-refractivity contribution in [1.82, 2.24) is 0 Å². The third kappa shape index (κ3) is 2.52. The smallest absolute Gasteiger partial charge is 0.149 e. The molecule has 0 amide bonds. The number of rotatable bonds is 2. The van der Waals surface area contributed by atoms with E-state index in [4.69, 9.17) is 16.4 Å². The predicted octanol–water partition coefficient (Wildman–Crippen LogP) is 3.57. The Bertz CT molecular complexity index is 392. The van der Waals surface area contributed by atoms with Crippen molar-refractivity contribution in [2.75, 3.05) is 0 Å². The van der Waals surface area contributed by atoms with Crippen LogP contribution in [0.25, 0.3) is 0 Å². The van der Waals surface area contributed by atoms with Crippen LogP contribution in [0.4, 0.5) is 0 Å². The normalized spacial score (nSPS) is 22.1. The summed E-state index contributed by atoms with van der Waals surface area (Å²) in [7, 11) is 0. The minimum absolute atomic E-state index is 0.000600. The average Bonchev–Trinajstić information content (AvgIpc) is 2.66. The molecule has 0 saturated heterocycles. The molecule has 1 aromatic carbocycles. The number of alkyl halides is 1. The highest BCUT2D eigenvalue weighted by molar-refractivity contribution is 9.10. The number of hydrogen-bond donors (Lipinski definition) is 0. The summed E-state index contributed by atoms with van der Waals surface area (Å²) in [4.78, 5) is 5.26. The first kappa shape index (κ1) is 11.0. The molecule has 0 bridgehead atoms. The van der Waals surface area contributed by atoms with E-state index in [2.05, 4.69) is 21.1 Å². The molecular weight excluding hydrogens is 277 g/mol. The summed E-state index contributed by atoms with van der Waals surface area (Å²) in [5, 5.41) is 4.05. The molecule has 1 heterocycles. The van der Waals surface area contributed by atoms with E-state index >= 15 is 0 Å². The van der Waals surface area contributed by atoms with Gasteiger partial charge in [0.2, 0.25) is 0 Å². The van der Waals surface area contributed by atoms with Crippen LogP contribution in [0.5, 0.6) is 0 Å². The molecule has 80 valence electrons. The van der Waals surface area contributed by atoms with Gasteiger partial charge in [0, 0.05) is 16.5 Å². The van der Waals surface area contributed by atoms with Crippen LogP contribution in [0.1, 0.15) is 18.9 Å². The summed E-state index contributed by atoms with van der Waals surface area (Å²) in [6.07, 6.45) is 0.779. The van der Waals surface area contributed by atoms with Gasteiger partial charge < -0.3 is 4.84 Å². The van der Waals surface area contributed by atoms with E-state index in [-0.39, 0.29) is 11.5 Å². The van der Waals surface area contributed by atoms with E-state index in [9.17, 15) is 0 Å². The van der Waals surface area contributed by atoms with Crippen molar-refractivity contribution in [2.45, 2.75) is 24.8 Å². The molecule has 2 nitrogen and oxygen atoms in total. The van der Waals surface area contributed by atoms with Crippen molar-refractivity contribution in [3.8, 4) is 0 Å². The van der Waals surface area contributed by atoms with Gasteiger partial charge >= 0.3 is 0 Å². The maximum atomic E-state index is 5.96. The van der Waals surface area contributed by atoms with Crippen LogP contribution in [0.3, 0.4) is 0 Å². The topological polar surface area (TPSA) is 21.6 Å². The van der Waals surface area contributed by atoms with Crippen molar-refractivity contribution >= 4 is 33.2 Å². The second kappa shape index (κ2) is 4.54. The first-order valence-electron chi connectivity index (χ1n) is 4.79. The summed E-state index contributed by atoms with van der Waals surface area (Å²) in [6, 6.07) is 8.03. The lowest BCUT2D eigenvalue weighted by molar-refractivity contribution is 0.0855. The zero-order valence-electron chi connectivity index (χ0n) is 8.28. The van der Waals surface area contributed by atoms with Gasteiger partial charge in [-0.2, -0.15) is 0 Å². The fourth-order valence-electron chi connectivity index (χ4n) is 1.48. The van der Waals surface area contributed by atoms with Crippen molar-refractivity contribution in [1.29, 1.82) is 0 Å². The zero-order valence-corrected chi connectivity index (χ0v) is 10.6. The van der Waals surface area contributed by atoms with Crippen LogP contribution in [-0.4, -0.2) is 17.2 Å². The van der Waals surface area contributed by atoms with E-state index in [1.807, 2.05) is 31.2 Å². The fraction of sp³-hybridized carbons (Fsp3) is 0.364. The third-order valence-electron chi connectivity index (χ3n) is 2.36. The summed E-state index contributed by atoms with van der Waals surface area (Å²) in [6.45, 7) is 1.92. The van der Waals surface area contributed by atoms with E-state index in [0.717, 1.165) is 22.2 Å². The molecule has 2 rings (SSSR count). The third-order valence-corrected chi connectivity index (χ3v) is 3.14. The molecule has 0 spiro atoms. The molecule has 0 radical (unpaired) electrons. The second-order valence-electron chi connectivity index (χ2n) is 3.57. The van der Waals surface area contributed by atoms with Gasteiger partial charge in [-0.1, -0.05) is 33.2 Å². The zero-order chi connectivity index (χ0) is 10.8. The van der Waals surface area contributed by atoms with Crippen molar-refractivity contribution in [2.24, 2.45) is 5.16 Å². The lowest BCUT2D eigenvalue weighted by Crippen LogP contribution is -2.18. The molecule has 2 atom stereocenters. The van der Waals surface area contributed by atoms with Crippen LogP contribution in [0.15, 0.2) is 33.9 Å². The van der Waals surface area contributed by atoms with E-state index in [1.54, 1.807) is 0 Å². The Kier molecular flexibility index (Phi) is 3.32. The van der Waals surface area contributed by atoms with Gasteiger partial charge in [-0.05, 0) is 19.1 Å². The second-order valence-corrected chi connectivity index (χ2v) is 5.18. The van der Waals surface area contributed by atoms with Crippen molar-refractivity contribution < 1.29 is 4.84 Å². The van der Waals surface area contributed by atoms with Crippen molar-refractivity contribution in [3.05, 3.63) is 34.3 Å². The Morgan fingerprint density at radius 2 is 2.40 bits per heavy atom. The van der Waals surface area contributed by atoms with Crippen LogP contribution in [-0.2, 0) is 4.84 Å². The van der Waals surface area contributed by atoms with Crippen LogP contribution < -0.4 is 0 Å².